The average Bonchev–Trinajstić information content (AvgIpc) is 2.93. The summed E-state index contributed by atoms with van der Waals surface area (Å²) in [7, 11) is 0. The van der Waals surface area contributed by atoms with E-state index in [2.05, 4.69) is 10.4 Å². The van der Waals surface area contributed by atoms with Gasteiger partial charge in [0.15, 0.2) is 0 Å². The lowest BCUT2D eigenvalue weighted by molar-refractivity contribution is 0.0693. The summed E-state index contributed by atoms with van der Waals surface area (Å²) in [5.41, 5.74) is 3.08. The smallest absolute Gasteiger partial charge is 0.255 e. The minimum absolute atomic E-state index is 0.0699. The van der Waals surface area contributed by atoms with Crippen LogP contribution in [0, 0.1) is 0 Å². The molecule has 1 aliphatic rings. The van der Waals surface area contributed by atoms with Crippen molar-refractivity contribution in [3.63, 3.8) is 0 Å². The summed E-state index contributed by atoms with van der Waals surface area (Å²) >= 11 is 0. The van der Waals surface area contributed by atoms with Crippen LogP contribution in [0.15, 0.2) is 18.3 Å². The molecule has 1 saturated carbocycles. The van der Waals surface area contributed by atoms with Gasteiger partial charge in [0.25, 0.3) is 5.91 Å². The quantitative estimate of drug-likeness (QED) is 0.629. The van der Waals surface area contributed by atoms with Crippen LogP contribution in [0.25, 0.3) is 0 Å². The number of amides is 1. The maximum Gasteiger partial charge on any atom is 0.255 e. The van der Waals surface area contributed by atoms with Gasteiger partial charge in [-0.3, -0.25) is 4.79 Å². The van der Waals surface area contributed by atoms with Crippen molar-refractivity contribution in [1.82, 2.24) is 9.88 Å². The van der Waals surface area contributed by atoms with E-state index in [-0.39, 0.29) is 5.91 Å². The fourth-order valence-corrected chi connectivity index (χ4v) is 2.56. The molecule has 3 N–H and O–H groups in total. The Morgan fingerprint density at radius 1 is 1.50 bits per heavy atom. The van der Waals surface area contributed by atoms with Crippen LogP contribution in [-0.4, -0.2) is 28.4 Å². The van der Waals surface area contributed by atoms with Crippen LogP contribution < -0.4 is 11.3 Å². The highest BCUT2D eigenvalue weighted by Gasteiger charge is 2.26. The number of carbonyl (C=O) groups excluding carboxylic acids is 1. The molecule has 98 valence electrons. The third-order valence-electron chi connectivity index (χ3n) is 3.53. The first-order chi connectivity index (χ1) is 8.76. The highest BCUT2D eigenvalue weighted by atomic mass is 16.2. The lowest BCUT2D eigenvalue weighted by Gasteiger charge is -2.27. The third-order valence-corrected chi connectivity index (χ3v) is 3.53. The molecule has 5 heteroatoms. The lowest BCUT2D eigenvalue weighted by atomic mass is 10.1. The molecule has 0 aromatic carbocycles. The number of hydrogen-bond acceptors (Lipinski definition) is 4. The van der Waals surface area contributed by atoms with Gasteiger partial charge in [0.1, 0.15) is 5.82 Å². The molecule has 2 rings (SSSR count). The summed E-state index contributed by atoms with van der Waals surface area (Å²) in [6, 6.07) is 3.88. The Morgan fingerprint density at radius 2 is 2.22 bits per heavy atom. The monoisotopic (exact) mass is 248 g/mol. The van der Waals surface area contributed by atoms with E-state index in [9.17, 15) is 4.79 Å². The topological polar surface area (TPSA) is 71.2 Å². The van der Waals surface area contributed by atoms with E-state index in [0.29, 0.717) is 17.4 Å². The number of pyridine rings is 1. The van der Waals surface area contributed by atoms with E-state index < -0.39 is 0 Å². The molecule has 0 unspecified atom stereocenters. The Hall–Kier alpha value is -1.62. The van der Waals surface area contributed by atoms with Crippen LogP contribution in [0.2, 0.25) is 0 Å². The Kier molecular flexibility index (Phi) is 4.15. The van der Waals surface area contributed by atoms with Gasteiger partial charge in [-0.1, -0.05) is 12.8 Å². The highest BCUT2D eigenvalue weighted by Crippen LogP contribution is 2.24. The molecule has 1 aliphatic carbocycles. The van der Waals surface area contributed by atoms with Gasteiger partial charge in [-0.15, -0.1) is 0 Å². The first kappa shape index (κ1) is 12.8. The SMILES string of the molecule is CCN(C(=O)c1ccc(NN)nc1)C1CCCC1. The second kappa shape index (κ2) is 5.82. The molecule has 0 aliphatic heterocycles. The molecule has 1 fully saturated rings. The molecule has 0 atom stereocenters. The van der Waals surface area contributed by atoms with Crippen molar-refractivity contribution in [2.45, 2.75) is 38.6 Å². The van der Waals surface area contributed by atoms with Gasteiger partial charge in [-0.25, -0.2) is 10.8 Å². The zero-order chi connectivity index (χ0) is 13.0. The maximum atomic E-state index is 12.4. The van der Waals surface area contributed by atoms with Crippen molar-refractivity contribution in [2.24, 2.45) is 5.84 Å². The second-order valence-corrected chi connectivity index (χ2v) is 4.61. The van der Waals surface area contributed by atoms with E-state index in [0.717, 1.165) is 19.4 Å². The number of hydrogen-bond donors (Lipinski definition) is 2. The number of nitrogens with zero attached hydrogens (tertiary/aromatic N) is 2. The fraction of sp³-hybridized carbons (Fsp3) is 0.538. The van der Waals surface area contributed by atoms with Gasteiger partial charge in [-0.05, 0) is 31.9 Å². The van der Waals surface area contributed by atoms with Crippen LogP contribution in [-0.2, 0) is 0 Å². The Bertz CT molecular complexity index is 398. The molecule has 0 spiro atoms. The summed E-state index contributed by atoms with van der Waals surface area (Å²) in [4.78, 5) is 18.4. The molecule has 1 aromatic rings. The van der Waals surface area contributed by atoms with Gasteiger partial charge < -0.3 is 10.3 Å². The predicted molar refractivity (Wildman–Crippen MR) is 71.0 cm³/mol. The van der Waals surface area contributed by atoms with Gasteiger partial charge in [0.05, 0.1) is 5.56 Å². The van der Waals surface area contributed by atoms with Crippen LogP contribution in [0.5, 0.6) is 0 Å². The molecule has 1 amide bonds. The summed E-state index contributed by atoms with van der Waals surface area (Å²) in [6.45, 7) is 2.78. The highest BCUT2D eigenvalue weighted by molar-refractivity contribution is 5.94. The largest absolute Gasteiger partial charge is 0.336 e. The second-order valence-electron chi connectivity index (χ2n) is 4.61. The number of hydrazine groups is 1. The number of nitrogens with two attached hydrogens (primary N) is 1. The Labute approximate surface area is 107 Å². The van der Waals surface area contributed by atoms with Crippen molar-refractivity contribution >= 4 is 11.7 Å². The van der Waals surface area contributed by atoms with Crippen LogP contribution >= 0.6 is 0 Å². The van der Waals surface area contributed by atoms with Crippen molar-refractivity contribution in [1.29, 1.82) is 0 Å². The molecule has 1 heterocycles. The minimum atomic E-state index is 0.0699. The maximum absolute atomic E-state index is 12.4. The summed E-state index contributed by atoms with van der Waals surface area (Å²) in [5, 5.41) is 0. The average molecular weight is 248 g/mol. The Morgan fingerprint density at radius 3 is 2.72 bits per heavy atom. The molecule has 0 radical (unpaired) electrons. The van der Waals surface area contributed by atoms with Crippen molar-refractivity contribution < 1.29 is 4.79 Å². The third kappa shape index (κ3) is 2.61. The van der Waals surface area contributed by atoms with Crippen molar-refractivity contribution in [3.05, 3.63) is 23.9 Å². The minimum Gasteiger partial charge on any atom is -0.336 e. The first-order valence-corrected chi connectivity index (χ1v) is 6.50. The number of anilines is 1. The molecule has 5 nitrogen and oxygen atoms in total. The van der Waals surface area contributed by atoms with E-state index in [1.807, 2.05) is 11.8 Å². The van der Waals surface area contributed by atoms with Gasteiger partial charge >= 0.3 is 0 Å². The van der Waals surface area contributed by atoms with E-state index in [1.165, 1.54) is 12.8 Å². The van der Waals surface area contributed by atoms with Crippen LogP contribution in [0.3, 0.4) is 0 Å². The van der Waals surface area contributed by atoms with Crippen LogP contribution in [0.4, 0.5) is 5.82 Å². The molecule has 18 heavy (non-hydrogen) atoms. The molecular formula is C13H20N4O. The van der Waals surface area contributed by atoms with Crippen LogP contribution in [0.1, 0.15) is 43.0 Å². The molecule has 0 saturated heterocycles. The standard InChI is InChI=1S/C13H20N4O/c1-2-17(11-5-3-4-6-11)13(18)10-7-8-12(16-14)15-9-10/h7-9,11H,2-6,14H2,1H3,(H,15,16). The zero-order valence-electron chi connectivity index (χ0n) is 10.7. The number of carbonyl (C=O) groups is 1. The lowest BCUT2D eigenvalue weighted by Crippen LogP contribution is -2.38. The number of nitrogens with one attached hydrogen (secondary N) is 1. The van der Waals surface area contributed by atoms with Gasteiger partial charge in [0.2, 0.25) is 0 Å². The van der Waals surface area contributed by atoms with Gasteiger partial charge in [-0.2, -0.15) is 0 Å². The fourth-order valence-electron chi connectivity index (χ4n) is 2.56. The summed E-state index contributed by atoms with van der Waals surface area (Å²) in [6.07, 6.45) is 6.27. The molecular weight excluding hydrogens is 228 g/mol. The summed E-state index contributed by atoms with van der Waals surface area (Å²) < 4.78 is 0. The number of aromatic nitrogens is 1. The Balaban J connectivity index is 2.11. The van der Waals surface area contributed by atoms with Crippen molar-refractivity contribution in [2.75, 3.05) is 12.0 Å². The summed E-state index contributed by atoms with van der Waals surface area (Å²) in [5.74, 6) is 5.89. The molecule has 1 aromatic heterocycles. The number of nitrogen functional groups attached to an aromatic ring is 1. The first-order valence-electron chi connectivity index (χ1n) is 6.50. The normalized spacial score (nSPS) is 15.7. The number of rotatable bonds is 4. The van der Waals surface area contributed by atoms with E-state index in [1.54, 1.807) is 18.3 Å². The predicted octanol–water partition coefficient (Wildman–Crippen LogP) is 1.77. The van der Waals surface area contributed by atoms with Gasteiger partial charge in [0, 0.05) is 18.8 Å². The van der Waals surface area contributed by atoms with E-state index >= 15 is 0 Å². The van der Waals surface area contributed by atoms with E-state index in [4.69, 9.17) is 5.84 Å². The molecule has 0 bridgehead atoms. The van der Waals surface area contributed by atoms with Crippen molar-refractivity contribution in [3.8, 4) is 0 Å². The zero-order valence-corrected chi connectivity index (χ0v) is 10.7.